The fraction of sp³-hybridized carbons (Fsp3) is 0.833. The van der Waals surface area contributed by atoms with E-state index < -0.39 is 24.0 Å². The first kappa shape index (κ1) is 11.5. The average molecular weight is 180 g/mol. The van der Waals surface area contributed by atoms with Crippen molar-refractivity contribution in [3.63, 3.8) is 0 Å². The highest BCUT2D eigenvalue weighted by atomic mass is 16.6. The Balaban J connectivity index is 4.70. The summed E-state index contributed by atoms with van der Waals surface area (Å²) in [4.78, 5) is 9.96. The minimum Gasteiger partial charge on any atom is -0.387 e. The van der Waals surface area contributed by atoms with Crippen LogP contribution < -0.4 is 0 Å². The van der Waals surface area contributed by atoms with Gasteiger partial charge in [-0.1, -0.05) is 6.92 Å². The summed E-state index contributed by atoms with van der Waals surface area (Å²) >= 11 is 0. The second-order valence-corrected chi connectivity index (χ2v) is 2.49. The van der Waals surface area contributed by atoms with Gasteiger partial charge in [0, 0.05) is 0 Å². The van der Waals surface area contributed by atoms with Crippen molar-refractivity contribution in [3.8, 4) is 0 Å². The first-order chi connectivity index (χ1) is 5.29. The molecule has 0 heterocycles. The Morgan fingerprint density at radius 2 is 1.75 bits per heavy atom. The summed E-state index contributed by atoms with van der Waals surface area (Å²) in [6.45, 7) is 1.38. The van der Waals surface area contributed by atoms with E-state index in [0.717, 1.165) is 0 Å². The molecule has 6 nitrogen and oxygen atoms in total. The largest absolute Gasteiger partial charge is 0.387 e. The highest BCUT2D eigenvalue weighted by Gasteiger charge is 2.52. The van der Waals surface area contributed by atoms with Gasteiger partial charge in [0.25, 0.3) is 11.6 Å². The maximum Gasteiger partial charge on any atom is 0.279 e. The minimum absolute atomic E-state index is 0.135. The van der Waals surface area contributed by atoms with Gasteiger partial charge in [-0.25, -0.2) is 0 Å². The molecule has 1 atom stereocenters. The van der Waals surface area contributed by atoms with Gasteiger partial charge in [-0.15, -0.1) is 0 Å². The third-order valence-corrected chi connectivity index (χ3v) is 1.56. The van der Waals surface area contributed by atoms with Crippen LogP contribution in [0.4, 0.5) is 0 Å². The lowest BCUT2D eigenvalue weighted by Gasteiger charge is -2.33. The summed E-state index contributed by atoms with van der Waals surface area (Å²) in [6, 6.07) is 0. The number of aldehydes is 1. The van der Waals surface area contributed by atoms with Gasteiger partial charge in [-0.2, -0.15) is 0 Å². The lowest BCUT2D eigenvalue weighted by atomic mass is 9.99. The summed E-state index contributed by atoms with van der Waals surface area (Å²) in [5, 5.41) is 44.0. The van der Waals surface area contributed by atoms with Gasteiger partial charge in [-0.3, -0.25) is 4.79 Å². The summed E-state index contributed by atoms with van der Waals surface area (Å²) in [6.07, 6.45) is -2.41. The van der Waals surface area contributed by atoms with Crippen LogP contribution in [0.3, 0.4) is 0 Å². The normalized spacial score (nSPS) is 15.8. The van der Waals surface area contributed by atoms with Crippen LogP contribution in [0, 0.1) is 0 Å². The first-order valence-electron chi connectivity index (χ1n) is 3.33. The number of aliphatic hydroxyl groups excluding tert-OH is 1. The fourth-order valence-electron chi connectivity index (χ4n) is 0.617. The highest BCUT2D eigenvalue weighted by molar-refractivity contribution is 5.61. The molecule has 1 unspecified atom stereocenters. The average Bonchev–Trinajstić information content (AvgIpc) is 2.02. The predicted octanol–water partition coefficient (Wildman–Crippen LogP) is -2.68. The van der Waals surface area contributed by atoms with Crippen LogP contribution in [0.25, 0.3) is 0 Å². The molecule has 0 bridgehead atoms. The van der Waals surface area contributed by atoms with Crippen LogP contribution in [0.1, 0.15) is 13.3 Å². The maximum absolute atomic E-state index is 9.96. The van der Waals surface area contributed by atoms with Crippen LogP contribution in [0.2, 0.25) is 0 Å². The first-order valence-corrected chi connectivity index (χ1v) is 3.33. The fourth-order valence-corrected chi connectivity index (χ4v) is 0.617. The van der Waals surface area contributed by atoms with Crippen molar-refractivity contribution in [2.75, 3.05) is 0 Å². The molecule has 0 aliphatic carbocycles. The molecule has 0 aromatic rings. The van der Waals surface area contributed by atoms with E-state index in [0.29, 0.717) is 0 Å². The van der Waals surface area contributed by atoms with Crippen LogP contribution in [0.5, 0.6) is 0 Å². The topological polar surface area (TPSA) is 118 Å². The molecule has 0 saturated heterocycles. The number of aliphatic hydroxyl groups is 5. The van der Waals surface area contributed by atoms with Crippen LogP contribution in [-0.4, -0.2) is 49.5 Å². The Morgan fingerprint density at radius 3 is 2.00 bits per heavy atom. The van der Waals surface area contributed by atoms with Gasteiger partial charge in [0.15, 0.2) is 6.29 Å². The standard InChI is InChI=1S/C6H12O6/c1-2-4(8)6(11,12)5(9,10)3-7/h3-4,8-12H,2H2,1H3. The molecule has 0 spiro atoms. The molecular weight excluding hydrogens is 168 g/mol. The molecule has 5 N–H and O–H groups in total. The van der Waals surface area contributed by atoms with Gasteiger partial charge in [0.1, 0.15) is 6.10 Å². The Hall–Kier alpha value is -0.530. The van der Waals surface area contributed by atoms with Gasteiger partial charge in [0.05, 0.1) is 0 Å². The van der Waals surface area contributed by atoms with Crippen molar-refractivity contribution >= 4 is 6.29 Å². The van der Waals surface area contributed by atoms with Gasteiger partial charge < -0.3 is 25.5 Å². The third kappa shape index (κ3) is 1.79. The van der Waals surface area contributed by atoms with E-state index in [2.05, 4.69) is 0 Å². The van der Waals surface area contributed by atoms with Crippen molar-refractivity contribution < 1.29 is 30.3 Å². The molecule has 6 heteroatoms. The van der Waals surface area contributed by atoms with Gasteiger partial charge in [0.2, 0.25) is 0 Å². The van der Waals surface area contributed by atoms with E-state index in [9.17, 15) is 4.79 Å². The molecule has 0 fully saturated rings. The molecule has 0 rings (SSSR count). The quantitative estimate of drug-likeness (QED) is 0.237. The molecule has 0 aromatic heterocycles. The second-order valence-electron chi connectivity index (χ2n) is 2.49. The SMILES string of the molecule is CCC(O)C(O)(O)C(O)(O)C=O. The molecule has 0 saturated carbocycles. The predicted molar refractivity (Wildman–Crippen MR) is 36.7 cm³/mol. The molecule has 0 aromatic carbocycles. The van der Waals surface area contributed by atoms with Gasteiger partial charge >= 0.3 is 0 Å². The molecular formula is C6H12O6. The molecule has 0 amide bonds. The number of carbonyl (C=O) groups is 1. The molecule has 72 valence electrons. The van der Waals surface area contributed by atoms with Gasteiger partial charge in [-0.05, 0) is 6.42 Å². The van der Waals surface area contributed by atoms with Crippen molar-refractivity contribution in [3.05, 3.63) is 0 Å². The number of rotatable bonds is 4. The highest BCUT2D eigenvalue weighted by Crippen LogP contribution is 2.20. The summed E-state index contributed by atoms with van der Waals surface area (Å²) < 4.78 is 0. The van der Waals surface area contributed by atoms with Crippen LogP contribution in [-0.2, 0) is 4.79 Å². The zero-order chi connectivity index (χ0) is 9.99. The monoisotopic (exact) mass is 180 g/mol. The zero-order valence-electron chi connectivity index (χ0n) is 6.51. The van der Waals surface area contributed by atoms with Crippen molar-refractivity contribution in [1.29, 1.82) is 0 Å². The van der Waals surface area contributed by atoms with E-state index in [1.807, 2.05) is 0 Å². The van der Waals surface area contributed by atoms with E-state index in [1.165, 1.54) is 6.92 Å². The molecule has 12 heavy (non-hydrogen) atoms. The van der Waals surface area contributed by atoms with Crippen molar-refractivity contribution in [1.82, 2.24) is 0 Å². The smallest absolute Gasteiger partial charge is 0.279 e. The molecule has 0 radical (unpaired) electrons. The maximum atomic E-state index is 9.96. The number of carbonyl (C=O) groups excluding carboxylic acids is 1. The molecule has 0 aliphatic rings. The zero-order valence-corrected chi connectivity index (χ0v) is 6.51. The van der Waals surface area contributed by atoms with Crippen molar-refractivity contribution in [2.45, 2.75) is 31.0 Å². The third-order valence-electron chi connectivity index (χ3n) is 1.56. The summed E-state index contributed by atoms with van der Waals surface area (Å²) in [7, 11) is 0. The summed E-state index contributed by atoms with van der Waals surface area (Å²) in [5.74, 6) is -6.61. The second kappa shape index (κ2) is 3.46. The lowest BCUT2D eigenvalue weighted by molar-refractivity contribution is -0.361. The van der Waals surface area contributed by atoms with E-state index in [1.54, 1.807) is 0 Å². The van der Waals surface area contributed by atoms with Crippen LogP contribution >= 0.6 is 0 Å². The Morgan fingerprint density at radius 1 is 1.33 bits per heavy atom. The minimum atomic E-state index is -3.36. The lowest BCUT2D eigenvalue weighted by Crippen LogP contribution is -2.62. The Kier molecular flexibility index (Phi) is 3.31. The Labute approximate surface area is 68.7 Å². The van der Waals surface area contributed by atoms with E-state index in [4.69, 9.17) is 25.5 Å². The Bertz CT molecular complexity index is 163. The van der Waals surface area contributed by atoms with E-state index >= 15 is 0 Å². The summed E-state index contributed by atoms with van der Waals surface area (Å²) in [5.41, 5.74) is 0. The molecule has 0 aliphatic heterocycles. The van der Waals surface area contributed by atoms with Crippen LogP contribution in [0.15, 0.2) is 0 Å². The van der Waals surface area contributed by atoms with E-state index in [-0.39, 0.29) is 6.42 Å². The van der Waals surface area contributed by atoms with Crippen molar-refractivity contribution in [2.24, 2.45) is 0 Å². The number of hydrogen-bond donors (Lipinski definition) is 5. The number of hydrogen-bond acceptors (Lipinski definition) is 6.